The summed E-state index contributed by atoms with van der Waals surface area (Å²) in [4.78, 5) is 2.35. The highest BCUT2D eigenvalue weighted by Crippen LogP contribution is 2.53. The van der Waals surface area contributed by atoms with Crippen molar-refractivity contribution in [1.82, 2.24) is 4.57 Å². The SMILES string of the molecule is CC1(C)c2cc(-c3cccc4c3-n3c5ccccc5c5cccc(c53)O4)ccc2-c2ccc(N(c3ccccc3)c3ccccc3)cc21. The molecule has 228 valence electrons. The van der Waals surface area contributed by atoms with Gasteiger partial charge >= 0.3 is 0 Å². The molecule has 1 aliphatic carbocycles. The number of ether oxygens (including phenoxy) is 1. The van der Waals surface area contributed by atoms with E-state index in [2.05, 4.69) is 181 Å². The van der Waals surface area contributed by atoms with Gasteiger partial charge in [0.2, 0.25) is 0 Å². The molecule has 0 N–H and O–H groups in total. The molecule has 3 heteroatoms. The van der Waals surface area contributed by atoms with E-state index in [0.29, 0.717) is 0 Å². The molecule has 0 spiro atoms. The highest BCUT2D eigenvalue weighted by molar-refractivity contribution is 6.12. The summed E-state index contributed by atoms with van der Waals surface area (Å²) in [6, 6.07) is 56.8. The van der Waals surface area contributed by atoms with Gasteiger partial charge in [0, 0.05) is 38.8 Å². The summed E-state index contributed by atoms with van der Waals surface area (Å²) >= 11 is 0. The molecular weight excluding hydrogens is 585 g/mol. The van der Waals surface area contributed by atoms with Crippen LogP contribution in [0.25, 0.3) is 49.7 Å². The second-order valence-electron chi connectivity index (χ2n) is 13.4. The van der Waals surface area contributed by atoms with Crippen LogP contribution in [0.4, 0.5) is 17.1 Å². The highest BCUT2D eigenvalue weighted by atomic mass is 16.5. The van der Waals surface area contributed by atoms with Crippen molar-refractivity contribution in [3.63, 3.8) is 0 Å². The largest absolute Gasteiger partial charge is 0.453 e. The molecule has 48 heavy (non-hydrogen) atoms. The average Bonchev–Trinajstić information content (AvgIpc) is 3.58. The molecule has 1 aromatic heterocycles. The Morgan fingerprint density at radius 1 is 0.500 bits per heavy atom. The number of benzene rings is 7. The molecule has 0 saturated heterocycles. The summed E-state index contributed by atoms with van der Waals surface area (Å²) < 4.78 is 9.02. The van der Waals surface area contributed by atoms with E-state index in [9.17, 15) is 0 Å². The van der Waals surface area contributed by atoms with Crippen molar-refractivity contribution in [3.8, 4) is 39.4 Å². The van der Waals surface area contributed by atoms with Gasteiger partial charge in [-0.15, -0.1) is 0 Å². The molecule has 1 aliphatic heterocycles. The fraction of sp³-hybridized carbons (Fsp3) is 0.0667. The van der Waals surface area contributed by atoms with Crippen LogP contribution in [0.15, 0.2) is 158 Å². The molecule has 0 fully saturated rings. The molecule has 3 nitrogen and oxygen atoms in total. The zero-order valence-corrected chi connectivity index (χ0v) is 26.8. The summed E-state index contributed by atoms with van der Waals surface area (Å²) in [7, 11) is 0. The number of nitrogens with zero attached hydrogens (tertiary/aromatic N) is 2. The van der Waals surface area contributed by atoms with Gasteiger partial charge in [-0.05, 0) is 88.5 Å². The molecule has 2 heterocycles. The van der Waals surface area contributed by atoms with Gasteiger partial charge in [-0.3, -0.25) is 0 Å². The zero-order chi connectivity index (χ0) is 32.0. The van der Waals surface area contributed by atoms with E-state index in [0.717, 1.165) is 39.8 Å². The van der Waals surface area contributed by atoms with Crippen molar-refractivity contribution in [2.75, 3.05) is 4.90 Å². The molecule has 8 aromatic rings. The Morgan fingerprint density at radius 3 is 1.90 bits per heavy atom. The fourth-order valence-electron chi connectivity index (χ4n) is 8.12. The van der Waals surface area contributed by atoms with Gasteiger partial charge in [-0.1, -0.05) is 111 Å². The van der Waals surface area contributed by atoms with Gasteiger partial charge < -0.3 is 14.2 Å². The van der Waals surface area contributed by atoms with E-state index in [1.54, 1.807) is 0 Å². The van der Waals surface area contributed by atoms with Gasteiger partial charge in [-0.25, -0.2) is 0 Å². The molecule has 0 radical (unpaired) electrons. The van der Waals surface area contributed by atoms with Gasteiger partial charge in [0.1, 0.15) is 0 Å². The van der Waals surface area contributed by atoms with Crippen LogP contribution in [0.2, 0.25) is 0 Å². The monoisotopic (exact) mass is 616 g/mol. The molecular formula is C45H32N2O. The predicted octanol–water partition coefficient (Wildman–Crippen LogP) is 12.3. The first-order valence-corrected chi connectivity index (χ1v) is 16.6. The molecule has 0 saturated carbocycles. The van der Waals surface area contributed by atoms with Crippen LogP contribution in [0, 0.1) is 0 Å². The minimum atomic E-state index is -0.193. The third-order valence-electron chi connectivity index (χ3n) is 10.4. The normalized spacial score (nSPS) is 13.5. The Balaban J connectivity index is 1.12. The van der Waals surface area contributed by atoms with E-state index in [1.807, 2.05) is 0 Å². The summed E-state index contributed by atoms with van der Waals surface area (Å²) in [5, 5.41) is 2.45. The molecule has 0 bridgehead atoms. The third kappa shape index (κ3) is 3.76. The van der Waals surface area contributed by atoms with Crippen LogP contribution in [0.3, 0.4) is 0 Å². The molecule has 7 aromatic carbocycles. The van der Waals surface area contributed by atoms with E-state index in [-0.39, 0.29) is 5.41 Å². The summed E-state index contributed by atoms with van der Waals surface area (Å²) in [6.07, 6.45) is 0. The first-order valence-electron chi connectivity index (χ1n) is 16.6. The van der Waals surface area contributed by atoms with Crippen molar-refractivity contribution in [3.05, 3.63) is 169 Å². The number of rotatable bonds is 4. The third-order valence-corrected chi connectivity index (χ3v) is 10.4. The lowest BCUT2D eigenvalue weighted by Crippen LogP contribution is -2.16. The van der Waals surface area contributed by atoms with Crippen molar-refractivity contribution in [1.29, 1.82) is 0 Å². The summed E-state index contributed by atoms with van der Waals surface area (Å²) in [6.45, 7) is 4.73. The van der Waals surface area contributed by atoms with Crippen molar-refractivity contribution in [2.24, 2.45) is 0 Å². The number of fused-ring (bicyclic) bond motifs is 8. The maximum atomic E-state index is 6.61. The maximum absolute atomic E-state index is 6.61. The smallest absolute Gasteiger partial charge is 0.152 e. The van der Waals surface area contributed by atoms with Crippen LogP contribution in [0.1, 0.15) is 25.0 Å². The second-order valence-corrected chi connectivity index (χ2v) is 13.4. The summed E-state index contributed by atoms with van der Waals surface area (Å²) in [5.41, 5.74) is 14.3. The Labute approximate surface area is 279 Å². The van der Waals surface area contributed by atoms with Crippen molar-refractivity contribution >= 4 is 38.9 Å². The van der Waals surface area contributed by atoms with Crippen LogP contribution in [-0.4, -0.2) is 4.57 Å². The average molecular weight is 617 g/mol. The van der Waals surface area contributed by atoms with Gasteiger partial charge in [0.25, 0.3) is 0 Å². The topological polar surface area (TPSA) is 17.4 Å². The van der Waals surface area contributed by atoms with E-state index >= 15 is 0 Å². The lowest BCUT2D eigenvalue weighted by atomic mass is 9.81. The molecule has 10 rings (SSSR count). The number of anilines is 3. The predicted molar refractivity (Wildman–Crippen MR) is 199 cm³/mol. The lowest BCUT2D eigenvalue weighted by molar-refractivity contribution is 0.477. The standard InChI is InChI=1S/C45H32N2O/c1-45(2)38-27-29(33-18-11-21-41-43(33)47-40-20-10-9-17-36(40)37-19-12-22-42(48-41)44(37)47)23-25-34(38)35-26-24-32(28-39(35)45)46(30-13-5-3-6-14-30)31-15-7-4-8-16-31/h3-28H,1-2H3. The molecule has 0 atom stereocenters. The number of aromatic nitrogens is 1. The van der Waals surface area contributed by atoms with E-state index < -0.39 is 0 Å². The second kappa shape index (κ2) is 9.97. The lowest BCUT2D eigenvalue weighted by Gasteiger charge is -2.28. The summed E-state index contributed by atoms with van der Waals surface area (Å²) in [5.74, 6) is 1.78. The Bertz CT molecular complexity index is 2520. The van der Waals surface area contributed by atoms with Gasteiger partial charge in [-0.2, -0.15) is 0 Å². The Kier molecular flexibility index (Phi) is 5.63. The van der Waals surface area contributed by atoms with Crippen molar-refractivity contribution < 1.29 is 4.74 Å². The minimum Gasteiger partial charge on any atom is -0.453 e. The maximum Gasteiger partial charge on any atom is 0.152 e. The quantitative estimate of drug-likeness (QED) is 0.196. The van der Waals surface area contributed by atoms with Crippen LogP contribution < -0.4 is 9.64 Å². The van der Waals surface area contributed by atoms with E-state index in [4.69, 9.17) is 4.74 Å². The highest BCUT2D eigenvalue weighted by Gasteiger charge is 2.37. The Morgan fingerprint density at radius 2 is 1.12 bits per heavy atom. The molecule has 0 amide bonds. The van der Waals surface area contributed by atoms with Crippen LogP contribution >= 0.6 is 0 Å². The van der Waals surface area contributed by atoms with Gasteiger partial charge in [0.15, 0.2) is 11.5 Å². The first kappa shape index (κ1) is 27.1. The van der Waals surface area contributed by atoms with Crippen LogP contribution in [-0.2, 0) is 5.41 Å². The number of hydrogen-bond acceptors (Lipinski definition) is 2. The van der Waals surface area contributed by atoms with Crippen LogP contribution in [0.5, 0.6) is 11.5 Å². The number of hydrogen-bond donors (Lipinski definition) is 0. The first-order chi connectivity index (χ1) is 23.6. The molecule has 2 aliphatic rings. The van der Waals surface area contributed by atoms with Gasteiger partial charge in [0.05, 0.1) is 16.7 Å². The number of para-hydroxylation sites is 5. The van der Waals surface area contributed by atoms with Crippen molar-refractivity contribution in [2.45, 2.75) is 19.3 Å². The Hall–Kier alpha value is -6.06. The fourth-order valence-corrected chi connectivity index (χ4v) is 8.12. The molecule has 0 unspecified atom stereocenters. The van der Waals surface area contributed by atoms with E-state index in [1.165, 1.54) is 49.7 Å². The minimum absolute atomic E-state index is 0.193. The zero-order valence-electron chi connectivity index (χ0n) is 26.8.